The number of carbonyl (C=O) groups excluding carboxylic acids is 2. The number of carbonyl (C=O) groups is 2. The molecule has 0 N–H and O–H groups in total. The zero-order valence-electron chi connectivity index (χ0n) is 16.5. The number of aldehydes is 2. The molecule has 2 heteroatoms. The van der Waals surface area contributed by atoms with Crippen LogP contribution in [0.1, 0.15) is 68.7 Å². The Hall–Kier alpha value is -3.00. The van der Waals surface area contributed by atoms with E-state index in [1.165, 1.54) is 11.1 Å². The van der Waals surface area contributed by atoms with Crippen LogP contribution >= 0.6 is 0 Å². The molecule has 0 amide bonds. The Labute approximate surface area is 167 Å². The van der Waals surface area contributed by atoms with Crippen LogP contribution in [0.2, 0.25) is 0 Å². The van der Waals surface area contributed by atoms with E-state index in [2.05, 4.69) is 38.1 Å². The predicted octanol–water partition coefficient (Wildman–Crippen LogP) is 6.00. The predicted molar refractivity (Wildman–Crippen MR) is 114 cm³/mol. The standard InChI is InChI=1S/C26H26O2/c1-19(15-23-7-3-5-9-25(23)17-27)21-11-13-22(14-12-21)20(2)16-24-8-4-6-10-26(24)18-28/h3-14,17-20H,15-16H2,1-2H3. The molecule has 3 aromatic rings. The molecule has 142 valence electrons. The molecule has 0 aromatic heterocycles. The lowest BCUT2D eigenvalue weighted by molar-refractivity contribution is 0.111. The zero-order valence-corrected chi connectivity index (χ0v) is 16.5. The van der Waals surface area contributed by atoms with Gasteiger partial charge in [-0.2, -0.15) is 0 Å². The molecular formula is C26H26O2. The largest absolute Gasteiger partial charge is 0.298 e. The van der Waals surface area contributed by atoms with Crippen molar-refractivity contribution in [3.05, 3.63) is 106 Å². The molecule has 0 saturated carbocycles. The van der Waals surface area contributed by atoms with Crippen LogP contribution in [-0.2, 0) is 12.8 Å². The number of rotatable bonds is 8. The third-order valence-corrected chi connectivity index (χ3v) is 5.49. The Morgan fingerprint density at radius 2 is 0.964 bits per heavy atom. The molecule has 2 nitrogen and oxygen atoms in total. The molecule has 2 atom stereocenters. The van der Waals surface area contributed by atoms with Crippen LogP contribution in [0, 0.1) is 0 Å². The molecule has 0 heterocycles. The van der Waals surface area contributed by atoms with Crippen molar-refractivity contribution in [2.75, 3.05) is 0 Å². The maximum atomic E-state index is 11.2. The van der Waals surface area contributed by atoms with Crippen LogP contribution < -0.4 is 0 Å². The molecule has 2 unspecified atom stereocenters. The van der Waals surface area contributed by atoms with Gasteiger partial charge in [0.05, 0.1) is 0 Å². The second-order valence-corrected chi connectivity index (χ2v) is 7.51. The molecule has 3 aromatic carbocycles. The van der Waals surface area contributed by atoms with E-state index in [0.29, 0.717) is 11.8 Å². The summed E-state index contributed by atoms with van der Waals surface area (Å²) in [5.41, 5.74) is 6.26. The summed E-state index contributed by atoms with van der Waals surface area (Å²) in [5.74, 6) is 0.669. The highest BCUT2D eigenvalue weighted by atomic mass is 16.1. The first-order valence-electron chi connectivity index (χ1n) is 9.78. The minimum absolute atomic E-state index is 0.334. The third kappa shape index (κ3) is 4.64. The summed E-state index contributed by atoms with van der Waals surface area (Å²) >= 11 is 0. The highest BCUT2D eigenvalue weighted by molar-refractivity contribution is 5.77. The van der Waals surface area contributed by atoms with Gasteiger partial charge in [0, 0.05) is 11.1 Å². The van der Waals surface area contributed by atoms with Gasteiger partial charge in [0.2, 0.25) is 0 Å². The molecule has 0 spiro atoms. The van der Waals surface area contributed by atoms with Gasteiger partial charge in [0.25, 0.3) is 0 Å². The summed E-state index contributed by atoms with van der Waals surface area (Å²) < 4.78 is 0. The van der Waals surface area contributed by atoms with E-state index in [-0.39, 0.29) is 0 Å². The highest BCUT2D eigenvalue weighted by Crippen LogP contribution is 2.26. The van der Waals surface area contributed by atoms with Crippen LogP contribution in [0.5, 0.6) is 0 Å². The van der Waals surface area contributed by atoms with Gasteiger partial charge in [-0.1, -0.05) is 86.6 Å². The van der Waals surface area contributed by atoms with Crippen molar-refractivity contribution in [2.24, 2.45) is 0 Å². The fourth-order valence-corrected chi connectivity index (χ4v) is 3.72. The first-order chi connectivity index (χ1) is 13.6. The van der Waals surface area contributed by atoms with Crippen molar-refractivity contribution in [1.29, 1.82) is 0 Å². The fraction of sp³-hybridized carbons (Fsp3) is 0.231. The minimum atomic E-state index is 0.334. The van der Waals surface area contributed by atoms with Gasteiger partial charge in [-0.15, -0.1) is 0 Å². The van der Waals surface area contributed by atoms with Crippen LogP contribution in [0.25, 0.3) is 0 Å². The van der Waals surface area contributed by atoms with Crippen molar-refractivity contribution >= 4 is 12.6 Å². The monoisotopic (exact) mass is 370 g/mol. The Balaban J connectivity index is 1.70. The summed E-state index contributed by atoms with van der Waals surface area (Å²) in [6, 6.07) is 24.3. The molecule has 0 radical (unpaired) electrons. The Morgan fingerprint density at radius 3 is 1.32 bits per heavy atom. The Bertz CT molecular complexity index is 862. The maximum Gasteiger partial charge on any atom is 0.150 e. The quantitative estimate of drug-likeness (QED) is 0.455. The zero-order chi connectivity index (χ0) is 19.9. The fourth-order valence-electron chi connectivity index (χ4n) is 3.72. The van der Waals surface area contributed by atoms with Gasteiger partial charge >= 0.3 is 0 Å². The second-order valence-electron chi connectivity index (χ2n) is 7.51. The van der Waals surface area contributed by atoms with E-state index in [0.717, 1.165) is 47.7 Å². The lowest BCUT2D eigenvalue weighted by atomic mass is 9.88. The van der Waals surface area contributed by atoms with E-state index in [4.69, 9.17) is 0 Å². The topological polar surface area (TPSA) is 34.1 Å². The number of benzene rings is 3. The molecule has 0 fully saturated rings. The van der Waals surface area contributed by atoms with Crippen molar-refractivity contribution in [3.8, 4) is 0 Å². The summed E-state index contributed by atoms with van der Waals surface area (Å²) in [4.78, 5) is 22.5. The number of hydrogen-bond donors (Lipinski definition) is 0. The second kappa shape index (κ2) is 9.27. The van der Waals surface area contributed by atoms with E-state index < -0.39 is 0 Å². The molecule has 28 heavy (non-hydrogen) atoms. The summed E-state index contributed by atoms with van der Waals surface area (Å²) in [5, 5.41) is 0. The first kappa shape index (κ1) is 19.8. The first-order valence-corrected chi connectivity index (χ1v) is 9.78. The summed E-state index contributed by atoms with van der Waals surface area (Å²) in [6.45, 7) is 4.39. The number of hydrogen-bond acceptors (Lipinski definition) is 2. The molecule has 0 aliphatic carbocycles. The van der Waals surface area contributed by atoms with Crippen LogP contribution in [0.4, 0.5) is 0 Å². The van der Waals surface area contributed by atoms with Gasteiger partial charge in [0.15, 0.2) is 0 Å². The average Bonchev–Trinajstić information content (AvgIpc) is 2.74. The van der Waals surface area contributed by atoms with Gasteiger partial charge < -0.3 is 0 Å². The summed E-state index contributed by atoms with van der Waals surface area (Å²) in [6.07, 6.45) is 3.56. The van der Waals surface area contributed by atoms with Crippen LogP contribution in [0.15, 0.2) is 72.8 Å². The van der Waals surface area contributed by atoms with Gasteiger partial charge in [-0.05, 0) is 46.9 Å². The Morgan fingerprint density at radius 1 is 0.607 bits per heavy atom. The van der Waals surface area contributed by atoms with Gasteiger partial charge in [0.1, 0.15) is 12.6 Å². The van der Waals surface area contributed by atoms with Crippen molar-refractivity contribution in [2.45, 2.75) is 38.5 Å². The minimum Gasteiger partial charge on any atom is -0.298 e. The van der Waals surface area contributed by atoms with E-state index in [9.17, 15) is 9.59 Å². The SMILES string of the molecule is CC(Cc1ccccc1C=O)c1ccc(C(C)Cc2ccccc2C=O)cc1. The Kier molecular flexibility index (Phi) is 6.54. The molecule has 0 aliphatic heterocycles. The maximum absolute atomic E-state index is 11.2. The van der Waals surface area contributed by atoms with E-state index in [1.54, 1.807) is 0 Å². The van der Waals surface area contributed by atoms with Crippen LogP contribution in [-0.4, -0.2) is 12.6 Å². The van der Waals surface area contributed by atoms with Gasteiger partial charge in [-0.25, -0.2) is 0 Å². The molecule has 3 rings (SSSR count). The highest BCUT2D eigenvalue weighted by Gasteiger charge is 2.12. The smallest absolute Gasteiger partial charge is 0.150 e. The van der Waals surface area contributed by atoms with Crippen molar-refractivity contribution in [3.63, 3.8) is 0 Å². The van der Waals surface area contributed by atoms with E-state index in [1.807, 2.05) is 48.5 Å². The summed E-state index contributed by atoms with van der Waals surface area (Å²) in [7, 11) is 0. The van der Waals surface area contributed by atoms with E-state index >= 15 is 0 Å². The molecular weight excluding hydrogens is 344 g/mol. The third-order valence-electron chi connectivity index (χ3n) is 5.49. The van der Waals surface area contributed by atoms with Crippen LogP contribution in [0.3, 0.4) is 0 Å². The normalized spacial score (nSPS) is 12.9. The molecule has 0 aliphatic rings. The van der Waals surface area contributed by atoms with Crippen molar-refractivity contribution < 1.29 is 9.59 Å². The lowest BCUT2D eigenvalue weighted by Gasteiger charge is -2.17. The average molecular weight is 370 g/mol. The van der Waals surface area contributed by atoms with Crippen molar-refractivity contribution in [1.82, 2.24) is 0 Å². The molecule has 0 bridgehead atoms. The van der Waals surface area contributed by atoms with Gasteiger partial charge in [-0.3, -0.25) is 9.59 Å². The lowest BCUT2D eigenvalue weighted by Crippen LogP contribution is -2.04. The molecule has 0 saturated heterocycles.